The van der Waals surface area contributed by atoms with Gasteiger partial charge in [0.1, 0.15) is 5.82 Å². The van der Waals surface area contributed by atoms with Crippen molar-refractivity contribution in [3.8, 4) is 0 Å². The summed E-state index contributed by atoms with van der Waals surface area (Å²) in [7, 11) is 0. The topological polar surface area (TPSA) is 24.1 Å². The second-order valence-corrected chi connectivity index (χ2v) is 4.84. The molecule has 1 aliphatic rings. The summed E-state index contributed by atoms with van der Waals surface area (Å²) in [6, 6.07) is 6.00. The van der Waals surface area contributed by atoms with E-state index >= 15 is 0 Å². The molecule has 1 fully saturated rings. The molecule has 0 aliphatic carbocycles. The number of hydrogen-bond acceptors (Lipinski definition) is 2. The predicted molar refractivity (Wildman–Crippen MR) is 68.5 cm³/mol. The highest BCUT2D eigenvalue weighted by Gasteiger charge is 2.12. The first-order valence-electron chi connectivity index (χ1n) is 6.45. The molecule has 1 aliphatic heterocycles. The molecule has 1 aromatic rings. The van der Waals surface area contributed by atoms with Crippen molar-refractivity contribution in [1.29, 1.82) is 0 Å². The van der Waals surface area contributed by atoms with Crippen LogP contribution in [0.2, 0.25) is 0 Å². The van der Waals surface area contributed by atoms with Gasteiger partial charge in [-0.2, -0.15) is 0 Å². The lowest BCUT2D eigenvalue weighted by molar-refractivity contribution is 0.523. The van der Waals surface area contributed by atoms with Crippen LogP contribution in [0.15, 0.2) is 18.2 Å². The van der Waals surface area contributed by atoms with Crippen molar-refractivity contribution in [2.45, 2.75) is 38.8 Å². The van der Waals surface area contributed by atoms with E-state index in [4.69, 9.17) is 0 Å². The summed E-state index contributed by atoms with van der Waals surface area (Å²) < 4.78 is 13.1. The summed E-state index contributed by atoms with van der Waals surface area (Å²) in [4.78, 5) is 0. The molecule has 3 heteroatoms. The number of benzene rings is 1. The van der Waals surface area contributed by atoms with Gasteiger partial charge in [0.2, 0.25) is 0 Å². The van der Waals surface area contributed by atoms with Gasteiger partial charge in [0, 0.05) is 12.6 Å². The summed E-state index contributed by atoms with van der Waals surface area (Å²) in [5.74, 6) is -0.121. The van der Waals surface area contributed by atoms with Crippen LogP contribution in [0.5, 0.6) is 0 Å². The van der Waals surface area contributed by atoms with Crippen molar-refractivity contribution in [2.24, 2.45) is 0 Å². The molecule has 1 atom stereocenters. The SMILES string of the molecule is Cc1cc(CNCCC2CCCN2)ccc1F. The lowest BCUT2D eigenvalue weighted by Crippen LogP contribution is -2.26. The van der Waals surface area contributed by atoms with Crippen molar-refractivity contribution >= 4 is 0 Å². The first-order valence-corrected chi connectivity index (χ1v) is 6.45. The van der Waals surface area contributed by atoms with E-state index in [1.54, 1.807) is 13.0 Å². The molecule has 0 bridgehead atoms. The Balaban J connectivity index is 1.68. The Morgan fingerprint density at radius 1 is 1.47 bits per heavy atom. The third kappa shape index (κ3) is 3.79. The van der Waals surface area contributed by atoms with Crippen molar-refractivity contribution in [1.82, 2.24) is 10.6 Å². The number of nitrogens with one attached hydrogen (secondary N) is 2. The second kappa shape index (κ2) is 6.12. The van der Waals surface area contributed by atoms with Gasteiger partial charge in [0.25, 0.3) is 0 Å². The van der Waals surface area contributed by atoms with E-state index < -0.39 is 0 Å². The van der Waals surface area contributed by atoms with E-state index in [0.29, 0.717) is 6.04 Å². The fourth-order valence-corrected chi connectivity index (χ4v) is 2.33. The van der Waals surface area contributed by atoms with E-state index in [1.807, 2.05) is 12.1 Å². The molecule has 94 valence electrons. The van der Waals surface area contributed by atoms with Crippen molar-refractivity contribution in [3.63, 3.8) is 0 Å². The molecular weight excluding hydrogens is 215 g/mol. The fraction of sp³-hybridized carbons (Fsp3) is 0.571. The summed E-state index contributed by atoms with van der Waals surface area (Å²) >= 11 is 0. The van der Waals surface area contributed by atoms with Gasteiger partial charge in [-0.05, 0) is 56.5 Å². The van der Waals surface area contributed by atoms with E-state index in [-0.39, 0.29) is 5.82 Å². The minimum Gasteiger partial charge on any atom is -0.314 e. The van der Waals surface area contributed by atoms with E-state index in [0.717, 1.165) is 24.2 Å². The molecule has 0 spiro atoms. The molecule has 0 radical (unpaired) electrons. The highest BCUT2D eigenvalue weighted by atomic mass is 19.1. The van der Waals surface area contributed by atoms with Gasteiger partial charge in [0.15, 0.2) is 0 Å². The number of halogens is 1. The first kappa shape index (κ1) is 12.5. The van der Waals surface area contributed by atoms with Crippen LogP contribution in [0.3, 0.4) is 0 Å². The van der Waals surface area contributed by atoms with Gasteiger partial charge in [0.05, 0.1) is 0 Å². The smallest absolute Gasteiger partial charge is 0.126 e. The normalized spacial score (nSPS) is 19.8. The maximum Gasteiger partial charge on any atom is 0.126 e. The quantitative estimate of drug-likeness (QED) is 0.767. The van der Waals surface area contributed by atoms with Gasteiger partial charge >= 0.3 is 0 Å². The van der Waals surface area contributed by atoms with Crippen LogP contribution in [0.1, 0.15) is 30.4 Å². The maximum atomic E-state index is 13.1. The molecule has 2 rings (SSSR count). The lowest BCUT2D eigenvalue weighted by atomic mass is 10.1. The summed E-state index contributed by atoms with van der Waals surface area (Å²) in [6.07, 6.45) is 3.79. The molecular formula is C14H21FN2. The molecule has 2 nitrogen and oxygen atoms in total. The lowest BCUT2D eigenvalue weighted by Gasteiger charge is -2.11. The Hall–Kier alpha value is -0.930. The van der Waals surface area contributed by atoms with Gasteiger partial charge in [-0.1, -0.05) is 12.1 Å². The third-order valence-corrected chi connectivity index (χ3v) is 3.38. The van der Waals surface area contributed by atoms with E-state index in [1.165, 1.54) is 25.8 Å². The first-order chi connectivity index (χ1) is 8.25. The summed E-state index contributed by atoms with van der Waals surface area (Å²) in [5, 5.41) is 6.90. The molecule has 1 aromatic carbocycles. The average molecular weight is 236 g/mol. The minimum absolute atomic E-state index is 0.121. The zero-order valence-electron chi connectivity index (χ0n) is 10.4. The van der Waals surface area contributed by atoms with Crippen molar-refractivity contribution < 1.29 is 4.39 Å². The van der Waals surface area contributed by atoms with Crippen molar-refractivity contribution in [3.05, 3.63) is 35.1 Å². The molecule has 1 saturated heterocycles. The molecule has 0 aromatic heterocycles. The molecule has 0 amide bonds. The highest BCUT2D eigenvalue weighted by molar-refractivity contribution is 5.23. The molecule has 1 heterocycles. The predicted octanol–water partition coefficient (Wildman–Crippen LogP) is 2.37. The number of aryl methyl sites for hydroxylation is 1. The largest absolute Gasteiger partial charge is 0.314 e. The maximum absolute atomic E-state index is 13.1. The third-order valence-electron chi connectivity index (χ3n) is 3.38. The molecule has 1 unspecified atom stereocenters. The van der Waals surface area contributed by atoms with Gasteiger partial charge in [-0.15, -0.1) is 0 Å². The Labute approximate surface area is 103 Å². The highest BCUT2D eigenvalue weighted by Crippen LogP contribution is 2.10. The standard InChI is InChI=1S/C14H21FN2/c1-11-9-12(4-5-14(11)15)10-16-8-6-13-3-2-7-17-13/h4-5,9,13,16-17H,2-3,6-8,10H2,1H3. The molecule has 17 heavy (non-hydrogen) atoms. The van der Waals surface area contributed by atoms with Gasteiger partial charge < -0.3 is 10.6 Å². The average Bonchev–Trinajstić information content (AvgIpc) is 2.82. The zero-order chi connectivity index (χ0) is 12.1. The summed E-state index contributed by atoms with van der Waals surface area (Å²) in [5.41, 5.74) is 1.88. The van der Waals surface area contributed by atoms with Crippen LogP contribution >= 0.6 is 0 Å². The number of rotatable bonds is 5. The Kier molecular flexibility index (Phi) is 4.51. The van der Waals surface area contributed by atoms with Crippen LogP contribution in [-0.4, -0.2) is 19.1 Å². The van der Waals surface area contributed by atoms with Crippen LogP contribution in [0, 0.1) is 12.7 Å². The Morgan fingerprint density at radius 3 is 3.06 bits per heavy atom. The van der Waals surface area contributed by atoms with Crippen LogP contribution in [0.4, 0.5) is 4.39 Å². The summed E-state index contributed by atoms with van der Waals surface area (Å²) in [6.45, 7) is 4.82. The van der Waals surface area contributed by atoms with Crippen LogP contribution in [0.25, 0.3) is 0 Å². The molecule has 2 N–H and O–H groups in total. The second-order valence-electron chi connectivity index (χ2n) is 4.84. The Morgan fingerprint density at radius 2 is 2.35 bits per heavy atom. The van der Waals surface area contributed by atoms with E-state index in [9.17, 15) is 4.39 Å². The van der Waals surface area contributed by atoms with Crippen LogP contribution < -0.4 is 10.6 Å². The zero-order valence-corrected chi connectivity index (χ0v) is 10.4. The van der Waals surface area contributed by atoms with Crippen molar-refractivity contribution in [2.75, 3.05) is 13.1 Å². The Bertz CT molecular complexity index is 359. The number of hydrogen-bond donors (Lipinski definition) is 2. The van der Waals surface area contributed by atoms with E-state index in [2.05, 4.69) is 10.6 Å². The van der Waals surface area contributed by atoms with Crippen LogP contribution in [-0.2, 0) is 6.54 Å². The molecule has 0 saturated carbocycles. The monoisotopic (exact) mass is 236 g/mol. The van der Waals surface area contributed by atoms with Gasteiger partial charge in [-0.3, -0.25) is 0 Å². The fourth-order valence-electron chi connectivity index (χ4n) is 2.33. The minimum atomic E-state index is -0.121. The van der Waals surface area contributed by atoms with Gasteiger partial charge in [-0.25, -0.2) is 4.39 Å².